The van der Waals surface area contributed by atoms with Gasteiger partial charge in [0.2, 0.25) is 0 Å². The van der Waals surface area contributed by atoms with E-state index in [2.05, 4.69) is 18.1 Å². The molecule has 0 unspecified atom stereocenters. The molecule has 0 amide bonds. The monoisotopic (exact) mass is 847 g/mol. The van der Waals surface area contributed by atoms with Gasteiger partial charge in [-0.1, -0.05) is 36.6 Å². The van der Waals surface area contributed by atoms with Crippen LogP contribution in [0.15, 0.2) is 67.8 Å². The molecular weight excluding hydrogens is 795 g/mol. The van der Waals surface area contributed by atoms with Gasteiger partial charge in [-0.25, -0.2) is 14.6 Å². The number of rotatable bonds is 19. The minimum Gasteiger partial charge on any atom is -0.465 e. The molecule has 1 aromatic heterocycles. The van der Waals surface area contributed by atoms with Gasteiger partial charge in [0.1, 0.15) is 11.5 Å². The highest BCUT2D eigenvalue weighted by atomic mass is 32.1. The Bertz CT molecular complexity index is 1930. The van der Waals surface area contributed by atoms with E-state index in [1.54, 1.807) is 0 Å². The Morgan fingerprint density at radius 1 is 0.650 bits per heavy atom. The van der Waals surface area contributed by atoms with E-state index in [9.17, 15) is 28.8 Å². The summed E-state index contributed by atoms with van der Waals surface area (Å²) in [7, 11) is 0. The zero-order valence-corrected chi connectivity index (χ0v) is 34.5. The van der Waals surface area contributed by atoms with Gasteiger partial charge in [-0.3, -0.25) is 19.2 Å². The lowest BCUT2D eigenvalue weighted by Crippen LogP contribution is -2.30. The van der Waals surface area contributed by atoms with Crippen molar-refractivity contribution in [1.82, 2.24) is 4.98 Å². The van der Waals surface area contributed by atoms with Crippen LogP contribution in [-0.4, -0.2) is 73.4 Å². The molecule has 0 bridgehead atoms. The fourth-order valence-electron chi connectivity index (χ4n) is 6.66. The third-order valence-electron chi connectivity index (χ3n) is 10.1. The fourth-order valence-corrected chi connectivity index (χ4v) is 7.39. The first-order valence-corrected chi connectivity index (χ1v) is 20.9. The highest BCUT2D eigenvalue weighted by Crippen LogP contribution is 2.34. The normalized spacial score (nSPS) is 18.3. The smallest absolute Gasteiger partial charge is 0.330 e. The Morgan fingerprint density at radius 2 is 1.10 bits per heavy atom. The van der Waals surface area contributed by atoms with E-state index < -0.39 is 29.8 Å². The topological polar surface area (TPSA) is 221 Å². The Balaban J connectivity index is 0.000000683. The molecule has 0 radical (unpaired) electrons. The molecule has 1 heterocycles. The minimum atomic E-state index is -0.491. The van der Waals surface area contributed by atoms with E-state index >= 15 is 0 Å². The first-order valence-electron chi connectivity index (χ1n) is 20.1. The standard InChI is InChI=1S/C37H47NO12.C7H6N2S/c1-3-32(39)45-19-5-7-21-47-34(41)25-9-13-27(14-10-25)36(43)49-30-17-18-31(29(23-30)24-38)50-37(44)28-15-11-26(12-16-28)35(42)48-22-8-6-20-46-33(40)4-2;8-7-9-5-3-1-2-4-6(5)10-7/h3-4,17-18,23-28,38H,1-2,5-16,19-22H2;1-4H,(H2,8,9). The molecule has 16 heteroatoms. The molecule has 5 rings (SSSR count). The van der Waals surface area contributed by atoms with Gasteiger partial charge in [0.15, 0.2) is 5.13 Å². The van der Waals surface area contributed by atoms with Crippen LogP contribution < -0.4 is 15.2 Å². The van der Waals surface area contributed by atoms with Crippen LogP contribution in [0.5, 0.6) is 11.5 Å². The third kappa shape index (κ3) is 15.4. The van der Waals surface area contributed by atoms with Crippen molar-refractivity contribution in [2.24, 2.45) is 23.7 Å². The molecule has 2 aromatic carbocycles. The van der Waals surface area contributed by atoms with E-state index in [4.69, 9.17) is 39.6 Å². The molecule has 0 saturated heterocycles. The fraction of sp³-hybridized carbons (Fsp3) is 0.455. The quantitative estimate of drug-likeness (QED) is 0.0307. The number of benzene rings is 2. The number of carbonyl (C=O) groups is 6. The van der Waals surface area contributed by atoms with Gasteiger partial charge in [0.05, 0.1) is 60.3 Å². The van der Waals surface area contributed by atoms with Crippen molar-refractivity contribution in [2.45, 2.75) is 77.0 Å². The number of para-hydroxylation sites is 1. The van der Waals surface area contributed by atoms with E-state index in [-0.39, 0.29) is 73.2 Å². The number of nitrogens with zero attached hydrogens (tertiary/aromatic N) is 1. The molecule has 0 spiro atoms. The van der Waals surface area contributed by atoms with E-state index in [0.717, 1.165) is 28.6 Å². The molecular formula is C44H53N3O12S. The molecule has 2 aliphatic carbocycles. The summed E-state index contributed by atoms with van der Waals surface area (Å²) in [6.45, 7) is 7.57. The number of thiazole rings is 1. The number of hydrogen-bond acceptors (Lipinski definition) is 16. The summed E-state index contributed by atoms with van der Waals surface area (Å²) >= 11 is 1.52. The summed E-state index contributed by atoms with van der Waals surface area (Å²) in [5, 5.41) is 8.45. The Morgan fingerprint density at radius 3 is 1.57 bits per heavy atom. The number of carbonyl (C=O) groups excluding carboxylic acids is 6. The van der Waals surface area contributed by atoms with Crippen LogP contribution in [0.25, 0.3) is 10.2 Å². The molecule has 322 valence electrons. The lowest BCUT2D eigenvalue weighted by atomic mass is 9.82. The molecule has 15 nitrogen and oxygen atoms in total. The number of anilines is 1. The second-order valence-corrected chi connectivity index (χ2v) is 15.4. The van der Waals surface area contributed by atoms with Gasteiger partial charge in [-0.15, -0.1) is 0 Å². The van der Waals surface area contributed by atoms with Crippen LogP contribution in [0.3, 0.4) is 0 Å². The maximum absolute atomic E-state index is 12.9. The van der Waals surface area contributed by atoms with Gasteiger partial charge in [0.25, 0.3) is 0 Å². The number of fused-ring (bicyclic) bond motifs is 1. The largest absolute Gasteiger partial charge is 0.465 e. The third-order valence-corrected chi connectivity index (χ3v) is 10.9. The summed E-state index contributed by atoms with van der Waals surface area (Å²) < 4.78 is 32.8. The summed E-state index contributed by atoms with van der Waals surface area (Å²) in [5.74, 6) is -3.48. The van der Waals surface area contributed by atoms with Crippen LogP contribution in [0.1, 0.15) is 82.6 Å². The number of nitrogens with two attached hydrogens (primary N) is 1. The number of hydrogen-bond donors (Lipinski definition) is 2. The van der Waals surface area contributed by atoms with Crippen molar-refractivity contribution in [3.8, 4) is 11.5 Å². The molecule has 3 aromatic rings. The minimum absolute atomic E-state index is 0.168. The number of esters is 6. The number of unbranched alkanes of at least 4 members (excludes halogenated alkanes) is 2. The number of nitrogen functional groups attached to an aromatic ring is 1. The molecule has 60 heavy (non-hydrogen) atoms. The summed E-state index contributed by atoms with van der Waals surface area (Å²) in [5.41, 5.74) is 6.76. The van der Waals surface area contributed by atoms with Crippen molar-refractivity contribution >= 4 is 68.7 Å². The maximum atomic E-state index is 12.9. The second-order valence-electron chi connectivity index (χ2n) is 14.3. The van der Waals surface area contributed by atoms with Crippen LogP contribution >= 0.6 is 11.3 Å². The summed E-state index contributed by atoms with van der Waals surface area (Å²) in [6.07, 6.45) is 9.28. The highest BCUT2D eigenvalue weighted by molar-refractivity contribution is 7.22. The van der Waals surface area contributed by atoms with Crippen LogP contribution in [0.4, 0.5) is 5.13 Å². The Labute approximate surface area is 353 Å². The SMILES string of the molecule is C=CC(=O)OCCCCOC(=O)C1CCC(C(=O)Oc2ccc(OC(=O)C3CCC(C(=O)OCCCCOC(=O)C=C)CC3)c(C=N)c2)CC1.Nc1nc2ccccc2s1. The average molecular weight is 848 g/mol. The lowest BCUT2D eigenvalue weighted by molar-refractivity contribution is -0.152. The van der Waals surface area contributed by atoms with Gasteiger partial charge >= 0.3 is 35.8 Å². The number of nitrogens with one attached hydrogen (secondary N) is 1. The first kappa shape index (κ1) is 46.8. The first-order chi connectivity index (χ1) is 29.0. The van der Waals surface area contributed by atoms with Crippen LogP contribution in [-0.2, 0) is 47.7 Å². The maximum Gasteiger partial charge on any atom is 0.330 e. The van der Waals surface area contributed by atoms with E-state index in [1.165, 1.54) is 29.5 Å². The van der Waals surface area contributed by atoms with Crippen LogP contribution in [0, 0.1) is 29.1 Å². The van der Waals surface area contributed by atoms with Crippen molar-refractivity contribution in [3.63, 3.8) is 0 Å². The van der Waals surface area contributed by atoms with E-state index in [0.29, 0.717) is 82.2 Å². The zero-order chi connectivity index (χ0) is 43.3. The van der Waals surface area contributed by atoms with E-state index in [1.807, 2.05) is 24.3 Å². The molecule has 2 fully saturated rings. The van der Waals surface area contributed by atoms with Gasteiger partial charge in [-0.05, 0) is 107 Å². The predicted molar refractivity (Wildman–Crippen MR) is 223 cm³/mol. The van der Waals surface area contributed by atoms with Crippen molar-refractivity contribution < 1.29 is 57.2 Å². The highest BCUT2D eigenvalue weighted by Gasteiger charge is 2.33. The molecule has 2 aliphatic rings. The average Bonchev–Trinajstić information content (AvgIpc) is 3.66. The Kier molecular flexibility index (Phi) is 19.4. The van der Waals surface area contributed by atoms with Crippen molar-refractivity contribution in [3.05, 3.63) is 73.3 Å². The summed E-state index contributed by atoms with van der Waals surface area (Å²) in [6, 6.07) is 12.4. The second kappa shape index (κ2) is 24.9. The molecule has 0 aliphatic heterocycles. The Hall–Kier alpha value is -5.90. The summed E-state index contributed by atoms with van der Waals surface area (Å²) in [4.78, 5) is 76.9. The van der Waals surface area contributed by atoms with Crippen molar-refractivity contribution in [2.75, 3.05) is 32.2 Å². The predicted octanol–water partition coefficient (Wildman–Crippen LogP) is 7.09. The lowest BCUT2D eigenvalue weighted by Gasteiger charge is -2.26. The van der Waals surface area contributed by atoms with Gasteiger partial charge in [-0.2, -0.15) is 0 Å². The van der Waals surface area contributed by atoms with Gasteiger partial charge in [0, 0.05) is 23.9 Å². The molecule has 3 N–H and O–H groups in total. The molecule has 2 saturated carbocycles. The molecule has 0 atom stereocenters. The van der Waals surface area contributed by atoms with Crippen LogP contribution in [0.2, 0.25) is 0 Å². The number of aromatic nitrogens is 1. The van der Waals surface area contributed by atoms with Gasteiger partial charge < -0.3 is 39.6 Å². The van der Waals surface area contributed by atoms with Crippen molar-refractivity contribution in [1.29, 1.82) is 5.41 Å². The zero-order valence-electron chi connectivity index (χ0n) is 33.6. The number of ether oxygens (including phenoxy) is 6.